The molecule has 0 radical (unpaired) electrons. The Balaban J connectivity index is 1.57. The van der Waals surface area contributed by atoms with Crippen molar-refractivity contribution in [3.63, 3.8) is 0 Å². The Hall–Kier alpha value is -1.39. The first kappa shape index (κ1) is 9.18. The molecule has 1 aliphatic carbocycles. The van der Waals surface area contributed by atoms with Crippen molar-refractivity contribution in [1.82, 2.24) is 20.5 Å². The van der Waals surface area contributed by atoms with Gasteiger partial charge in [0.1, 0.15) is 12.2 Å². The van der Waals surface area contributed by atoms with Gasteiger partial charge in [-0.25, -0.2) is 4.98 Å². The van der Waals surface area contributed by atoms with Crippen LogP contribution in [0.15, 0.2) is 6.33 Å². The standard InChI is InChI=1S/C9H14N4O/c14-9(7-3-4-7)10-5-1-2-8-11-6-12-13-8/h6-7H,1-5H2,(H,10,14)(H,11,12,13). The second kappa shape index (κ2) is 4.21. The number of H-pyrrole nitrogens is 1. The van der Waals surface area contributed by atoms with Crippen LogP contribution in [-0.4, -0.2) is 27.6 Å². The zero-order valence-corrected chi connectivity index (χ0v) is 7.99. The summed E-state index contributed by atoms with van der Waals surface area (Å²) in [6.45, 7) is 0.732. The molecular weight excluding hydrogens is 180 g/mol. The van der Waals surface area contributed by atoms with Crippen molar-refractivity contribution in [2.24, 2.45) is 5.92 Å². The summed E-state index contributed by atoms with van der Waals surface area (Å²) in [7, 11) is 0. The molecule has 0 bridgehead atoms. The number of carbonyl (C=O) groups excluding carboxylic acids is 1. The number of nitrogens with one attached hydrogen (secondary N) is 2. The summed E-state index contributed by atoms with van der Waals surface area (Å²) < 4.78 is 0. The van der Waals surface area contributed by atoms with E-state index in [1.54, 1.807) is 0 Å². The number of aromatic amines is 1. The third-order valence-electron chi connectivity index (χ3n) is 2.30. The Morgan fingerprint density at radius 2 is 2.50 bits per heavy atom. The molecule has 0 aliphatic heterocycles. The van der Waals surface area contributed by atoms with Crippen LogP contribution in [0.3, 0.4) is 0 Å². The second-order valence-electron chi connectivity index (χ2n) is 3.60. The van der Waals surface area contributed by atoms with Gasteiger partial charge >= 0.3 is 0 Å². The van der Waals surface area contributed by atoms with Gasteiger partial charge < -0.3 is 5.32 Å². The largest absolute Gasteiger partial charge is 0.356 e. The van der Waals surface area contributed by atoms with E-state index in [0.29, 0.717) is 5.92 Å². The van der Waals surface area contributed by atoms with Crippen molar-refractivity contribution in [1.29, 1.82) is 0 Å². The molecule has 1 fully saturated rings. The van der Waals surface area contributed by atoms with Crippen LogP contribution >= 0.6 is 0 Å². The SMILES string of the molecule is O=C(NCCCc1ncn[nH]1)C1CC1. The molecule has 1 amide bonds. The number of rotatable bonds is 5. The van der Waals surface area contributed by atoms with E-state index in [0.717, 1.165) is 38.1 Å². The maximum absolute atomic E-state index is 11.2. The van der Waals surface area contributed by atoms with Gasteiger partial charge in [-0.1, -0.05) is 0 Å². The first-order valence-corrected chi connectivity index (χ1v) is 4.98. The maximum atomic E-state index is 11.2. The highest BCUT2D eigenvalue weighted by atomic mass is 16.2. The molecule has 0 atom stereocenters. The van der Waals surface area contributed by atoms with Crippen LogP contribution in [0.1, 0.15) is 25.1 Å². The minimum Gasteiger partial charge on any atom is -0.356 e. The fraction of sp³-hybridized carbons (Fsp3) is 0.667. The van der Waals surface area contributed by atoms with Gasteiger partial charge in [-0.3, -0.25) is 9.89 Å². The molecule has 0 unspecified atom stereocenters. The Morgan fingerprint density at radius 1 is 1.64 bits per heavy atom. The molecule has 0 spiro atoms. The zero-order chi connectivity index (χ0) is 9.80. The summed E-state index contributed by atoms with van der Waals surface area (Å²) in [6.07, 6.45) is 5.37. The van der Waals surface area contributed by atoms with Crippen molar-refractivity contribution in [3.05, 3.63) is 12.2 Å². The average Bonchev–Trinajstić information content (AvgIpc) is 2.92. The van der Waals surface area contributed by atoms with Gasteiger partial charge in [-0.15, -0.1) is 0 Å². The summed E-state index contributed by atoms with van der Waals surface area (Å²) in [5.41, 5.74) is 0. The highest BCUT2D eigenvalue weighted by Gasteiger charge is 2.28. The van der Waals surface area contributed by atoms with Crippen LogP contribution in [0.2, 0.25) is 0 Å². The van der Waals surface area contributed by atoms with E-state index in [2.05, 4.69) is 20.5 Å². The lowest BCUT2D eigenvalue weighted by Gasteiger charge is -2.01. The molecule has 1 aromatic rings. The fourth-order valence-corrected chi connectivity index (χ4v) is 1.31. The van der Waals surface area contributed by atoms with Crippen molar-refractivity contribution in [3.8, 4) is 0 Å². The van der Waals surface area contributed by atoms with Crippen LogP contribution in [0.5, 0.6) is 0 Å². The number of amides is 1. The van der Waals surface area contributed by atoms with E-state index in [4.69, 9.17) is 0 Å². The lowest BCUT2D eigenvalue weighted by atomic mass is 10.3. The van der Waals surface area contributed by atoms with Gasteiger partial charge in [-0.05, 0) is 19.3 Å². The minimum atomic E-state index is 0.211. The van der Waals surface area contributed by atoms with Crippen molar-refractivity contribution in [2.45, 2.75) is 25.7 Å². The van der Waals surface area contributed by atoms with Gasteiger partial charge in [0.05, 0.1) is 0 Å². The third kappa shape index (κ3) is 2.55. The topological polar surface area (TPSA) is 70.7 Å². The molecule has 1 heterocycles. The number of hydrogen-bond acceptors (Lipinski definition) is 3. The van der Waals surface area contributed by atoms with Gasteiger partial charge in [0.2, 0.25) is 5.91 Å². The second-order valence-corrected chi connectivity index (χ2v) is 3.60. The minimum absolute atomic E-state index is 0.211. The Morgan fingerprint density at radius 3 is 3.14 bits per heavy atom. The predicted octanol–water partition coefficient (Wildman–Crippen LogP) is 0.263. The molecule has 5 nitrogen and oxygen atoms in total. The summed E-state index contributed by atoms with van der Waals surface area (Å²) >= 11 is 0. The average molecular weight is 194 g/mol. The van der Waals surface area contributed by atoms with Crippen LogP contribution in [0.25, 0.3) is 0 Å². The number of carbonyl (C=O) groups is 1. The number of aryl methyl sites for hydroxylation is 1. The van der Waals surface area contributed by atoms with Gasteiger partial charge in [0.15, 0.2) is 0 Å². The number of aromatic nitrogens is 3. The van der Waals surface area contributed by atoms with Crippen molar-refractivity contribution >= 4 is 5.91 Å². The normalized spacial score (nSPS) is 15.4. The van der Waals surface area contributed by atoms with Crippen molar-refractivity contribution in [2.75, 3.05) is 6.54 Å². The summed E-state index contributed by atoms with van der Waals surface area (Å²) in [5, 5.41) is 9.44. The van der Waals surface area contributed by atoms with E-state index in [9.17, 15) is 4.79 Å². The molecule has 0 saturated heterocycles. The summed E-state index contributed by atoms with van der Waals surface area (Å²) in [5.74, 6) is 1.40. The Bertz CT molecular complexity index is 292. The van der Waals surface area contributed by atoms with Crippen LogP contribution in [-0.2, 0) is 11.2 Å². The molecule has 5 heteroatoms. The molecule has 1 aromatic heterocycles. The van der Waals surface area contributed by atoms with E-state index < -0.39 is 0 Å². The van der Waals surface area contributed by atoms with Crippen LogP contribution in [0, 0.1) is 5.92 Å². The van der Waals surface area contributed by atoms with Crippen LogP contribution in [0.4, 0.5) is 0 Å². The lowest BCUT2D eigenvalue weighted by Crippen LogP contribution is -2.26. The molecule has 0 aromatic carbocycles. The number of hydrogen-bond donors (Lipinski definition) is 2. The van der Waals surface area contributed by atoms with E-state index >= 15 is 0 Å². The van der Waals surface area contributed by atoms with Gasteiger partial charge in [-0.2, -0.15) is 5.10 Å². The Kier molecular flexibility index (Phi) is 2.76. The van der Waals surface area contributed by atoms with Crippen molar-refractivity contribution < 1.29 is 4.79 Å². The van der Waals surface area contributed by atoms with E-state index in [1.807, 2.05) is 0 Å². The molecule has 2 rings (SSSR count). The van der Waals surface area contributed by atoms with Crippen LogP contribution < -0.4 is 5.32 Å². The van der Waals surface area contributed by atoms with Gasteiger partial charge in [0, 0.05) is 18.9 Å². The highest BCUT2D eigenvalue weighted by Crippen LogP contribution is 2.28. The zero-order valence-electron chi connectivity index (χ0n) is 7.99. The molecule has 14 heavy (non-hydrogen) atoms. The molecular formula is C9H14N4O. The first-order chi connectivity index (χ1) is 6.86. The maximum Gasteiger partial charge on any atom is 0.223 e. The highest BCUT2D eigenvalue weighted by molar-refractivity contribution is 5.80. The quantitative estimate of drug-likeness (QED) is 0.661. The molecule has 2 N–H and O–H groups in total. The first-order valence-electron chi connectivity index (χ1n) is 4.98. The van der Waals surface area contributed by atoms with E-state index in [1.165, 1.54) is 6.33 Å². The monoisotopic (exact) mass is 194 g/mol. The molecule has 76 valence electrons. The summed E-state index contributed by atoms with van der Waals surface area (Å²) in [4.78, 5) is 15.2. The van der Waals surface area contributed by atoms with Gasteiger partial charge in [0.25, 0.3) is 0 Å². The smallest absolute Gasteiger partial charge is 0.223 e. The molecule has 1 aliphatic rings. The third-order valence-corrected chi connectivity index (χ3v) is 2.30. The predicted molar refractivity (Wildman–Crippen MR) is 50.4 cm³/mol. The van der Waals surface area contributed by atoms with E-state index in [-0.39, 0.29) is 5.91 Å². The molecule has 1 saturated carbocycles. The number of nitrogens with zero attached hydrogens (tertiary/aromatic N) is 2. The summed E-state index contributed by atoms with van der Waals surface area (Å²) in [6, 6.07) is 0. The Labute approximate surface area is 82.3 Å². The fourth-order valence-electron chi connectivity index (χ4n) is 1.31. The lowest BCUT2D eigenvalue weighted by molar-refractivity contribution is -0.122.